The van der Waals surface area contributed by atoms with Gasteiger partial charge < -0.3 is 9.47 Å². The molecule has 1 fully saturated rings. The van der Waals surface area contributed by atoms with Crippen molar-refractivity contribution in [1.82, 2.24) is 14.5 Å². The number of ketones is 1. The quantitative estimate of drug-likeness (QED) is 0.830. The zero-order valence-electron chi connectivity index (χ0n) is 12.0. The van der Waals surface area contributed by atoms with E-state index >= 15 is 0 Å². The highest BCUT2D eigenvalue weighted by Crippen LogP contribution is 2.22. The van der Waals surface area contributed by atoms with E-state index in [1.807, 2.05) is 4.90 Å². The molecule has 3 rings (SSSR count). The van der Waals surface area contributed by atoms with E-state index in [1.165, 1.54) is 6.33 Å². The van der Waals surface area contributed by atoms with Crippen molar-refractivity contribution in [3.63, 3.8) is 0 Å². The van der Waals surface area contributed by atoms with Gasteiger partial charge in [-0.3, -0.25) is 4.79 Å². The highest BCUT2D eigenvalue weighted by molar-refractivity contribution is 5.79. The molecule has 2 aliphatic rings. The first kappa shape index (κ1) is 15.1. The smallest absolute Gasteiger partial charge is 0.356 e. The summed E-state index contributed by atoms with van der Waals surface area (Å²) in [4.78, 5) is 21.3. The van der Waals surface area contributed by atoms with Crippen molar-refractivity contribution in [2.24, 2.45) is 10.9 Å². The summed E-state index contributed by atoms with van der Waals surface area (Å²) in [5.74, 6) is 0.693. The molecule has 0 amide bonds. The van der Waals surface area contributed by atoms with E-state index in [0.717, 1.165) is 17.4 Å². The number of alkyl halides is 3. The molecular formula is C14H17F3N4O. The molecule has 0 atom stereocenters. The van der Waals surface area contributed by atoms with Gasteiger partial charge in [0.1, 0.15) is 24.3 Å². The number of hydrogen-bond donors (Lipinski definition) is 0. The van der Waals surface area contributed by atoms with E-state index in [1.54, 1.807) is 6.20 Å². The monoisotopic (exact) mass is 314 g/mol. The van der Waals surface area contributed by atoms with Gasteiger partial charge in [-0.25, -0.2) is 9.98 Å². The van der Waals surface area contributed by atoms with Gasteiger partial charge in [0.15, 0.2) is 5.49 Å². The average Bonchev–Trinajstić information content (AvgIpc) is 2.82. The molecular weight excluding hydrogens is 297 g/mol. The number of aromatic nitrogens is 2. The molecule has 2 heterocycles. The van der Waals surface area contributed by atoms with E-state index < -0.39 is 12.7 Å². The Morgan fingerprint density at radius 3 is 2.68 bits per heavy atom. The SMILES string of the molecule is O=C1CCC(CN2C=c3c(ncn3CC(F)(F)F)=NC2)CC1. The fraction of sp³-hybridized carbons (Fsp3) is 0.643. The zero-order chi connectivity index (χ0) is 15.7. The number of fused-ring (bicyclic) bond motifs is 1. The first-order chi connectivity index (χ1) is 10.4. The van der Waals surface area contributed by atoms with Crippen molar-refractivity contribution in [2.75, 3.05) is 13.2 Å². The van der Waals surface area contributed by atoms with Crippen molar-refractivity contribution >= 4 is 12.0 Å². The van der Waals surface area contributed by atoms with Gasteiger partial charge in [-0.2, -0.15) is 13.2 Å². The molecule has 0 unspecified atom stereocenters. The molecule has 1 aromatic heterocycles. The summed E-state index contributed by atoms with van der Waals surface area (Å²) in [6.45, 7) is 0.0566. The minimum atomic E-state index is -4.28. The largest absolute Gasteiger partial charge is 0.406 e. The van der Waals surface area contributed by atoms with Crippen LogP contribution in [0.4, 0.5) is 13.2 Å². The third-order valence-corrected chi connectivity index (χ3v) is 4.07. The molecule has 0 N–H and O–H groups in total. The summed E-state index contributed by atoms with van der Waals surface area (Å²) in [5.41, 5.74) is 0.360. The highest BCUT2D eigenvalue weighted by Gasteiger charge is 2.29. The zero-order valence-corrected chi connectivity index (χ0v) is 12.0. The van der Waals surface area contributed by atoms with Crippen LogP contribution >= 0.6 is 0 Å². The molecule has 1 saturated carbocycles. The minimum absolute atomic E-state index is 0.300. The topological polar surface area (TPSA) is 50.5 Å². The Labute approximate surface area is 125 Å². The van der Waals surface area contributed by atoms with E-state index in [0.29, 0.717) is 48.6 Å². The Bertz CT molecular complexity index is 669. The minimum Gasteiger partial charge on any atom is -0.356 e. The summed E-state index contributed by atoms with van der Waals surface area (Å²) >= 11 is 0. The molecule has 1 aromatic rings. The van der Waals surface area contributed by atoms with Crippen LogP contribution < -0.4 is 10.8 Å². The number of carbonyl (C=O) groups is 1. The van der Waals surface area contributed by atoms with E-state index in [4.69, 9.17) is 0 Å². The average molecular weight is 314 g/mol. The number of rotatable bonds is 3. The van der Waals surface area contributed by atoms with Crippen LogP contribution in [-0.2, 0) is 11.3 Å². The Morgan fingerprint density at radius 1 is 1.27 bits per heavy atom. The molecule has 1 aliphatic heterocycles. The predicted molar refractivity (Wildman–Crippen MR) is 72.1 cm³/mol. The van der Waals surface area contributed by atoms with Crippen LogP contribution in [0, 0.1) is 5.92 Å². The van der Waals surface area contributed by atoms with Gasteiger partial charge >= 0.3 is 6.18 Å². The molecule has 1 aliphatic carbocycles. The van der Waals surface area contributed by atoms with E-state index in [2.05, 4.69) is 9.98 Å². The summed E-state index contributed by atoms with van der Waals surface area (Å²) in [6, 6.07) is 0. The predicted octanol–water partition coefficient (Wildman–Crippen LogP) is 0.835. The molecule has 5 nitrogen and oxygen atoms in total. The molecule has 22 heavy (non-hydrogen) atoms. The summed E-state index contributed by atoms with van der Waals surface area (Å²) < 4.78 is 38.7. The lowest BCUT2D eigenvalue weighted by Crippen LogP contribution is -2.42. The van der Waals surface area contributed by atoms with Gasteiger partial charge in [0.05, 0.1) is 6.33 Å². The Morgan fingerprint density at radius 2 is 2.00 bits per heavy atom. The van der Waals surface area contributed by atoms with Crippen LogP contribution in [-0.4, -0.2) is 39.6 Å². The maximum atomic E-state index is 12.6. The molecule has 8 heteroatoms. The summed E-state index contributed by atoms with van der Waals surface area (Å²) in [6.07, 6.45) is 1.50. The first-order valence-corrected chi connectivity index (χ1v) is 7.31. The number of Topliss-reactive ketones (excluding diaryl/α,β-unsaturated/α-hetero) is 1. The van der Waals surface area contributed by atoms with E-state index in [9.17, 15) is 18.0 Å². The second-order valence-electron chi connectivity index (χ2n) is 5.88. The second kappa shape index (κ2) is 5.73. The van der Waals surface area contributed by atoms with Crippen molar-refractivity contribution in [2.45, 2.75) is 38.4 Å². The maximum Gasteiger partial charge on any atom is 0.406 e. The first-order valence-electron chi connectivity index (χ1n) is 7.31. The van der Waals surface area contributed by atoms with Crippen LogP contribution in [0.5, 0.6) is 0 Å². The van der Waals surface area contributed by atoms with Crippen LogP contribution in [0.3, 0.4) is 0 Å². The number of hydrogen-bond acceptors (Lipinski definition) is 4. The summed E-state index contributed by atoms with van der Waals surface area (Å²) in [7, 11) is 0. The van der Waals surface area contributed by atoms with Gasteiger partial charge in [-0.1, -0.05) is 0 Å². The van der Waals surface area contributed by atoms with Crippen LogP contribution in [0.2, 0.25) is 0 Å². The molecule has 0 saturated heterocycles. The number of carbonyl (C=O) groups excluding carboxylic acids is 1. The Hall–Kier alpha value is -1.86. The lowest BCUT2D eigenvalue weighted by molar-refractivity contribution is -0.141. The molecule has 0 spiro atoms. The lowest BCUT2D eigenvalue weighted by atomic mass is 9.88. The van der Waals surface area contributed by atoms with Crippen molar-refractivity contribution in [3.8, 4) is 0 Å². The van der Waals surface area contributed by atoms with Gasteiger partial charge in [0, 0.05) is 25.6 Å². The highest BCUT2D eigenvalue weighted by atomic mass is 19.4. The van der Waals surface area contributed by atoms with Crippen LogP contribution in [0.1, 0.15) is 25.7 Å². The van der Waals surface area contributed by atoms with Crippen molar-refractivity contribution in [3.05, 3.63) is 17.2 Å². The van der Waals surface area contributed by atoms with Gasteiger partial charge in [-0.05, 0) is 18.8 Å². The van der Waals surface area contributed by atoms with Crippen LogP contribution in [0.25, 0.3) is 6.20 Å². The van der Waals surface area contributed by atoms with Crippen molar-refractivity contribution < 1.29 is 18.0 Å². The number of halogens is 3. The fourth-order valence-corrected chi connectivity index (χ4v) is 2.95. The number of nitrogens with zero attached hydrogens (tertiary/aromatic N) is 4. The third kappa shape index (κ3) is 3.48. The Kier molecular flexibility index (Phi) is 3.92. The molecule has 120 valence electrons. The summed E-state index contributed by atoms with van der Waals surface area (Å²) in [5, 5.41) is 0.399. The van der Waals surface area contributed by atoms with Crippen LogP contribution in [0.15, 0.2) is 11.3 Å². The number of imidazole rings is 1. The van der Waals surface area contributed by atoms with Gasteiger partial charge in [-0.15, -0.1) is 0 Å². The van der Waals surface area contributed by atoms with Crippen molar-refractivity contribution in [1.29, 1.82) is 0 Å². The molecule has 0 bridgehead atoms. The normalized spacial score (nSPS) is 19.6. The van der Waals surface area contributed by atoms with Gasteiger partial charge in [0.25, 0.3) is 0 Å². The maximum absolute atomic E-state index is 12.6. The second-order valence-corrected chi connectivity index (χ2v) is 5.88. The Balaban J connectivity index is 1.74. The molecule has 0 radical (unpaired) electrons. The van der Waals surface area contributed by atoms with E-state index in [-0.39, 0.29) is 0 Å². The lowest BCUT2D eigenvalue weighted by Gasteiger charge is -2.28. The standard InChI is InChI=1S/C14H17F3N4O/c15-14(16,17)7-21-9-19-13-12(21)6-20(8-18-13)5-10-1-3-11(22)4-2-10/h6,9-10H,1-5,7-8H2. The fourth-order valence-electron chi connectivity index (χ4n) is 2.95. The molecule has 0 aromatic carbocycles. The third-order valence-electron chi connectivity index (χ3n) is 4.07. The van der Waals surface area contributed by atoms with Gasteiger partial charge in [0.2, 0.25) is 0 Å².